The van der Waals surface area contributed by atoms with E-state index >= 15 is 0 Å². The molecule has 4 rings (SSSR count). The summed E-state index contributed by atoms with van der Waals surface area (Å²) in [5, 5.41) is 12.0. The summed E-state index contributed by atoms with van der Waals surface area (Å²) in [5.74, 6) is 2.31. The lowest BCUT2D eigenvalue weighted by Gasteiger charge is -2.40. The first-order valence-electron chi connectivity index (χ1n) is 7.87. The van der Waals surface area contributed by atoms with E-state index in [0.29, 0.717) is 5.92 Å². The van der Waals surface area contributed by atoms with Gasteiger partial charge in [-0.05, 0) is 24.3 Å². The van der Waals surface area contributed by atoms with Crippen molar-refractivity contribution in [3.05, 3.63) is 55.2 Å². The van der Waals surface area contributed by atoms with Gasteiger partial charge in [-0.2, -0.15) is 0 Å². The van der Waals surface area contributed by atoms with Gasteiger partial charge in [0.1, 0.15) is 5.82 Å². The molecule has 3 aromatic rings. The minimum Gasteiger partial charge on any atom is -0.368 e. The summed E-state index contributed by atoms with van der Waals surface area (Å²) in [7, 11) is 0. The molecule has 0 bridgehead atoms. The highest BCUT2D eigenvalue weighted by Crippen LogP contribution is 2.24. The second kappa shape index (κ2) is 6.57. The smallest absolute Gasteiger partial charge is 0.151 e. The van der Waals surface area contributed by atoms with Crippen molar-refractivity contribution >= 4 is 11.6 Å². The molecule has 1 N–H and O–H groups in total. The van der Waals surface area contributed by atoms with Gasteiger partial charge in [-0.15, -0.1) is 10.2 Å². The van der Waals surface area contributed by atoms with E-state index in [2.05, 4.69) is 35.4 Å². The quantitative estimate of drug-likeness (QED) is 0.769. The van der Waals surface area contributed by atoms with Crippen molar-refractivity contribution in [3.8, 4) is 11.3 Å². The molecular formula is C17H17N7. The van der Waals surface area contributed by atoms with Crippen LogP contribution in [0.5, 0.6) is 0 Å². The number of hydrogen-bond donors (Lipinski definition) is 1. The zero-order chi connectivity index (χ0) is 16.2. The Hall–Kier alpha value is -3.09. The fraction of sp³-hybridized carbons (Fsp3) is 0.235. The Morgan fingerprint density at radius 1 is 0.958 bits per heavy atom. The summed E-state index contributed by atoms with van der Waals surface area (Å²) in [6, 6.07) is 7.89. The molecule has 0 unspecified atom stereocenters. The van der Waals surface area contributed by atoms with Crippen molar-refractivity contribution in [2.45, 2.75) is 0 Å². The second-order valence-electron chi connectivity index (χ2n) is 5.76. The Morgan fingerprint density at radius 2 is 1.83 bits per heavy atom. The Balaban J connectivity index is 1.31. The predicted octanol–water partition coefficient (Wildman–Crippen LogP) is 1.88. The van der Waals surface area contributed by atoms with E-state index < -0.39 is 0 Å². The highest BCUT2D eigenvalue weighted by molar-refractivity contribution is 5.59. The number of hydrogen-bond acceptors (Lipinski definition) is 7. The highest BCUT2D eigenvalue weighted by Gasteiger charge is 2.27. The van der Waals surface area contributed by atoms with Gasteiger partial charge in [0.25, 0.3) is 0 Å². The summed E-state index contributed by atoms with van der Waals surface area (Å²) < 4.78 is 0. The number of anilines is 2. The van der Waals surface area contributed by atoms with Gasteiger partial charge in [-0.3, -0.25) is 9.97 Å². The molecule has 120 valence electrons. The normalized spacial score (nSPS) is 14.2. The number of nitrogens with zero attached hydrogens (tertiary/aromatic N) is 6. The third-order valence-corrected chi connectivity index (χ3v) is 4.04. The third kappa shape index (κ3) is 3.15. The third-order valence-electron chi connectivity index (χ3n) is 4.04. The maximum absolute atomic E-state index is 4.34. The Morgan fingerprint density at radius 3 is 2.54 bits per heavy atom. The van der Waals surface area contributed by atoms with Gasteiger partial charge in [0.15, 0.2) is 5.82 Å². The molecule has 1 aliphatic rings. The Kier molecular flexibility index (Phi) is 3.97. The van der Waals surface area contributed by atoms with E-state index in [1.165, 1.54) is 0 Å². The first kappa shape index (κ1) is 14.5. The van der Waals surface area contributed by atoms with Crippen molar-refractivity contribution in [2.24, 2.45) is 5.92 Å². The van der Waals surface area contributed by atoms with Crippen molar-refractivity contribution in [3.63, 3.8) is 0 Å². The molecule has 4 heterocycles. The van der Waals surface area contributed by atoms with Gasteiger partial charge < -0.3 is 10.2 Å². The van der Waals surface area contributed by atoms with Gasteiger partial charge in [-0.1, -0.05) is 0 Å². The van der Waals surface area contributed by atoms with Gasteiger partial charge >= 0.3 is 0 Å². The molecule has 1 aliphatic heterocycles. The lowest BCUT2D eigenvalue weighted by atomic mass is 10.0. The van der Waals surface area contributed by atoms with E-state index in [1.54, 1.807) is 31.0 Å². The molecule has 0 aliphatic carbocycles. The summed E-state index contributed by atoms with van der Waals surface area (Å²) in [4.78, 5) is 14.5. The summed E-state index contributed by atoms with van der Waals surface area (Å²) in [5.41, 5.74) is 1.89. The molecule has 24 heavy (non-hydrogen) atoms. The predicted molar refractivity (Wildman–Crippen MR) is 91.5 cm³/mol. The van der Waals surface area contributed by atoms with E-state index in [4.69, 9.17) is 0 Å². The SMILES string of the molecule is c1cc(-c2ccc(N3CC(CNc4cnccn4)C3)nn2)ccn1. The average Bonchev–Trinajstić information content (AvgIpc) is 2.62. The number of rotatable bonds is 5. The molecule has 7 heteroatoms. The monoisotopic (exact) mass is 319 g/mol. The van der Waals surface area contributed by atoms with Crippen LogP contribution in [-0.2, 0) is 0 Å². The molecule has 0 aromatic carbocycles. The summed E-state index contributed by atoms with van der Waals surface area (Å²) in [6.07, 6.45) is 8.61. The molecule has 0 radical (unpaired) electrons. The first-order chi connectivity index (χ1) is 11.9. The van der Waals surface area contributed by atoms with Gasteiger partial charge in [-0.25, -0.2) is 4.98 Å². The van der Waals surface area contributed by atoms with Crippen molar-refractivity contribution in [1.29, 1.82) is 0 Å². The minimum absolute atomic E-state index is 0.577. The van der Waals surface area contributed by atoms with Gasteiger partial charge in [0.2, 0.25) is 0 Å². The molecule has 0 amide bonds. The van der Waals surface area contributed by atoms with Crippen molar-refractivity contribution in [2.75, 3.05) is 29.9 Å². The highest BCUT2D eigenvalue weighted by atomic mass is 15.3. The van der Waals surface area contributed by atoms with Crippen LogP contribution in [0.1, 0.15) is 0 Å². The molecule has 1 fully saturated rings. The molecular weight excluding hydrogens is 302 g/mol. The van der Waals surface area contributed by atoms with Crippen LogP contribution in [0.4, 0.5) is 11.6 Å². The Labute approximate surface area is 139 Å². The van der Waals surface area contributed by atoms with Crippen LogP contribution in [-0.4, -0.2) is 44.8 Å². The minimum atomic E-state index is 0.577. The lowest BCUT2D eigenvalue weighted by Crippen LogP contribution is -2.50. The number of pyridine rings is 1. The van der Waals surface area contributed by atoms with E-state index in [9.17, 15) is 0 Å². The van der Waals surface area contributed by atoms with Crippen LogP contribution in [0.15, 0.2) is 55.2 Å². The Bertz CT molecular complexity index is 771. The molecule has 0 spiro atoms. The summed E-state index contributed by atoms with van der Waals surface area (Å²) in [6.45, 7) is 2.82. The molecule has 7 nitrogen and oxygen atoms in total. The fourth-order valence-electron chi connectivity index (χ4n) is 2.70. The van der Waals surface area contributed by atoms with Gasteiger partial charge in [0, 0.05) is 55.9 Å². The molecule has 0 atom stereocenters. The van der Waals surface area contributed by atoms with Gasteiger partial charge in [0.05, 0.1) is 11.9 Å². The van der Waals surface area contributed by atoms with Crippen LogP contribution < -0.4 is 10.2 Å². The fourth-order valence-corrected chi connectivity index (χ4v) is 2.70. The lowest BCUT2D eigenvalue weighted by molar-refractivity contribution is 0.425. The summed E-state index contributed by atoms with van der Waals surface area (Å²) >= 11 is 0. The van der Waals surface area contributed by atoms with Crippen LogP contribution in [0.2, 0.25) is 0 Å². The van der Waals surface area contributed by atoms with Crippen molar-refractivity contribution < 1.29 is 0 Å². The van der Waals surface area contributed by atoms with Crippen molar-refractivity contribution in [1.82, 2.24) is 25.1 Å². The topological polar surface area (TPSA) is 79.7 Å². The second-order valence-corrected chi connectivity index (χ2v) is 5.76. The largest absolute Gasteiger partial charge is 0.368 e. The zero-order valence-corrected chi connectivity index (χ0v) is 13.1. The van der Waals surface area contributed by atoms with Crippen LogP contribution in [0.25, 0.3) is 11.3 Å². The number of aromatic nitrogens is 5. The number of nitrogens with one attached hydrogen (secondary N) is 1. The maximum Gasteiger partial charge on any atom is 0.151 e. The average molecular weight is 319 g/mol. The first-order valence-corrected chi connectivity index (χ1v) is 7.87. The molecule has 1 saturated heterocycles. The maximum atomic E-state index is 4.34. The van der Waals surface area contributed by atoms with Crippen LogP contribution >= 0.6 is 0 Å². The van der Waals surface area contributed by atoms with E-state index in [-0.39, 0.29) is 0 Å². The molecule has 3 aromatic heterocycles. The zero-order valence-electron chi connectivity index (χ0n) is 13.1. The van der Waals surface area contributed by atoms with E-state index in [0.717, 1.165) is 42.5 Å². The van der Waals surface area contributed by atoms with Crippen LogP contribution in [0, 0.1) is 5.92 Å². The van der Waals surface area contributed by atoms with Crippen LogP contribution in [0.3, 0.4) is 0 Å². The van der Waals surface area contributed by atoms with E-state index in [1.807, 2.05) is 24.3 Å². The molecule has 0 saturated carbocycles. The standard InChI is InChI=1S/C17H17N7/c1-2-17(23-22-15(1)14-3-5-18-6-4-14)24-11-13(12-24)9-21-16-10-19-7-8-20-16/h1-8,10,13H,9,11-12H2,(H,20,21).